The van der Waals surface area contributed by atoms with Gasteiger partial charge in [0.05, 0.1) is 0 Å². The summed E-state index contributed by atoms with van der Waals surface area (Å²) in [5.74, 6) is -1.04. The van der Waals surface area contributed by atoms with Crippen LogP contribution in [0.15, 0.2) is 54.1 Å². The van der Waals surface area contributed by atoms with Crippen LogP contribution in [-0.2, 0) is 16.1 Å². The number of hydrogen-bond acceptors (Lipinski definition) is 4. The average molecular weight is 364 g/mol. The number of rotatable bonds is 6. The lowest BCUT2D eigenvalue weighted by atomic mass is 10.1. The minimum atomic E-state index is -3.02. The zero-order valence-corrected chi connectivity index (χ0v) is 13.5. The van der Waals surface area contributed by atoms with Crippen LogP contribution in [0.25, 0.3) is 6.08 Å². The summed E-state index contributed by atoms with van der Waals surface area (Å²) < 4.78 is 34.2. The van der Waals surface area contributed by atoms with Gasteiger partial charge in [-0.3, -0.25) is 0 Å². The molecule has 2 aromatic carbocycles. The molecule has 0 heterocycles. The molecule has 0 aliphatic carbocycles. The van der Waals surface area contributed by atoms with Gasteiger partial charge in [-0.2, -0.15) is 14.0 Å². The Morgan fingerprint density at radius 3 is 2.60 bits per heavy atom. The van der Waals surface area contributed by atoms with Gasteiger partial charge in [0.25, 0.3) is 0 Å². The number of carbonyl (C=O) groups excluding carboxylic acids is 1. The lowest BCUT2D eigenvalue weighted by molar-refractivity contribution is -0.139. The first-order chi connectivity index (χ1) is 12.0. The van der Waals surface area contributed by atoms with Gasteiger partial charge in [0.1, 0.15) is 24.0 Å². The maximum atomic E-state index is 12.4. The molecule has 0 aliphatic heterocycles. The highest BCUT2D eigenvalue weighted by Gasteiger charge is 2.15. The molecular formula is C18H12ClF2NO3. The van der Waals surface area contributed by atoms with E-state index in [4.69, 9.17) is 21.6 Å². The number of hydrogen-bond donors (Lipinski definition) is 0. The summed E-state index contributed by atoms with van der Waals surface area (Å²) >= 11 is 5.82. The van der Waals surface area contributed by atoms with E-state index in [2.05, 4.69) is 4.74 Å². The Bertz CT molecular complexity index is 817. The molecule has 7 heteroatoms. The first-order valence-corrected chi connectivity index (χ1v) is 7.44. The number of nitrogens with zero attached hydrogens (tertiary/aromatic N) is 1. The minimum Gasteiger partial charge on any atom is -0.457 e. The summed E-state index contributed by atoms with van der Waals surface area (Å²) in [6, 6.07) is 14.5. The molecule has 0 saturated heterocycles. The molecule has 0 unspecified atom stereocenters. The first-order valence-electron chi connectivity index (χ1n) is 7.07. The second-order valence-electron chi connectivity index (χ2n) is 4.79. The van der Waals surface area contributed by atoms with Crippen LogP contribution in [0.2, 0.25) is 5.02 Å². The molecule has 0 atom stereocenters. The molecule has 0 saturated carbocycles. The Kier molecular flexibility index (Phi) is 6.49. The monoisotopic (exact) mass is 363 g/mol. The molecule has 0 aliphatic rings. The van der Waals surface area contributed by atoms with Crippen molar-refractivity contribution >= 4 is 23.6 Å². The molecule has 25 heavy (non-hydrogen) atoms. The Hall–Kier alpha value is -2.91. The standard InChI is InChI=1S/C18H12ClF2NO3/c19-15-6-7-16(25-18(20)21)14(9-15)11-24-17(23)13(10-22)8-12-4-2-1-3-5-12/h1-9,18H,11H2. The molecule has 4 nitrogen and oxygen atoms in total. The molecular weight excluding hydrogens is 352 g/mol. The third kappa shape index (κ3) is 5.59. The molecule has 0 spiro atoms. The van der Waals surface area contributed by atoms with E-state index in [0.717, 1.165) is 0 Å². The number of carbonyl (C=O) groups is 1. The average Bonchev–Trinajstić information content (AvgIpc) is 2.60. The minimum absolute atomic E-state index is 0.155. The van der Waals surface area contributed by atoms with Gasteiger partial charge in [0.2, 0.25) is 0 Å². The largest absolute Gasteiger partial charge is 0.457 e. The van der Waals surface area contributed by atoms with Crippen molar-refractivity contribution in [2.24, 2.45) is 0 Å². The van der Waals surface area contributed by atoms with Crippen molar-refractivity contribution in [2.45, 2.75) is 13.2 Å². The number of alkyl halides is 2. The van der Waals surface area contributed by atoms with Crippen molar-refractivity contribution in [1.29, 1.82) is 5.26 Å². The highest BCUT2D eigenvalue weighted by Crippen LogP contribution is 2.25. The smallest absolute Gasteiger partial charge is 0.387 e. The van der Waals surface area contributed by atoms with Crippen molar-refractivity contribution in [1.82, 2.24) is 0 Å². The molecule has 0 amide bonds. The molecule has 2 rings (SSSR count). The predicted octanol–water partition coefficient (Wildman–Crippen LogP) is 4.59. The highest BCUT2D eigenvalue weighted by molar-refractivity contribution is 6.30. The van der Waals surface area contributed by atoms with Gasteiger partial charge in [-0.05, 0) is 29.8 Å². The molecule has 128 valence electrons. The molecule has 0 aromatic heterocycles. The van der Waals surface area contributed by atoms with E-state index in [1.807, 2.05) is 0 Å². The predicted molar refractivity (Wildman–Crippen MR) is 87.9 cm³/mol. The van der Waals surface area contributed by atoms with E-state index in [9.17, 15) is 13.6 Å². The molecule has 0 bridgehead atoms. The second kappa shape index (κ2) is 8.81. The first kappa shape index (κ1) is 18.4. The van der Waals surface area contributed by atoms with Crippen molar-refractivity contribution in [2.75, 3.05) is 0 Å². The van der Waals surface area contributed by atoms with E-state index in [1.54, 1.807) is 36.4 Å². The summed E-state index contributed by atoms with van der Waals surface area (Å²) in [6.45, 7) is -3.39. The second-order valence-corrected chi connectivity index (χ2v) is 5.22. The van der Waals surface area contributed by atoms with Crippen LogP contribution in [0.3, 0.4) is 0 Å². The van der Waals surface area contributed by atoms with Gasteiger partial charge in [-0.15, -0.1) is 0 Å². The van der Waals surface area contributed by atoms with Gasteiger partial charge in [0, 0.05) is 10.6 Å². The number of ether oxygens (including phenoxy) is 2. The van der Waals surface area contributed by atoms with Gasteiger partial charge >= 0.3 is 12.6 Å². The van der Waals surface area contributed by atoms with Crippen LogP contribution >= 0.6 is 11.6 Å². The third-order valence-electron chi connectivity index (χ3n) is 3.05. The Morgan fingerprint density at radius 2 is 1.96 bits per heavy atom. The van der Waals surface area contributed by atoms with Crippen molar-refractivity contribution in [3.63, 3.8) is 0 Å². The van der Waals surface area contributed by atoms with Crippen molar-refractivity contribution in [3.8, 4) is 11.8 Å². The van der Waals surface area contributed by atoms with Crippen LogP contribution in [0.5, 0.6) is 5.75 Å². The Morgan fingerprint density at radius 1 is 1.24 bits per heavy atom. The van der Waals surface area contributed by atoms with Gasteiger partial charge in [-0.1, -0.05) is 41.9 Å². The summed E-state index contributed by atoms with van der Waals surface area (Å²) in [4.78, 5) is 12.0. The number of halogens is 3. The zero-order valence-electron chi connectivity index (χ0n) is 12.8. The maximum Gasteiger partial charge on any atom is 0.387 e. The van der Waals surface area contributed by atoms with E-state index in [1.165, 1.54) is 24.3 Å². The van der Waals surface area contributed by atoms with Gasteiger partial charge < -0.3 is 9.47 Å². The van der Waals surface area contributed by atoms with Crippen LogP contribution < -0.4 is 4.74 Å². The van der Waals surface area contributed by atoms with E-state index >= 15 is 0 Å². The fourth-order valence-electron chi connectivity index (χ4n) is 1.95. The number of nitriles is 1. The lowest BCUT2D eigenvalue weighted by Gasteiger charge is -2.11. The van der Waals surface area contributed by atoms with Crippen LogP contribution in [0.1, 0.15) is 11.1 Å². The zero-order chi connectivity index (χ0) is 18.2. The Labute approximate surface area is 147 Å². The quantitative estimate of drug-likeness (QED) is 0.428. The van der Waals surface area contributed by atoms with Crippen molar-refractivity contribution in [3.05, 3.63) is 70.3 Å². The van der Waals surface area contributed by atoms with Crippen LogP contribution in [-0.4, -0.2) is 12.6 Å². The topological polar surface area (TPSA) is 59.3 Å². The SMILES string of the molecule is N#CC(=Cc1ccccc1)C(=O)OCc1cc(Cl)ccc1OC(F)F. The fourth-order valence-corrected chi connectivity index (χ4v) is 2.14. The van der Waals surface area contributed by atoms with E-state index in [0.29, 0.717) is 5.56 Å². The van der Waals surface area contributed by atoms with Gasteiger partial charge in [-0.25, -0.2) is 4.79 Å². The number of benzene rings is 2. The third-order valence-corrected chi connectivity index (χ3v) is 3.28. The van der Waals surface area contributed by atoms with Crippen molar-refractivity contribution < 1.29 is 23.0 Å². The van der Waals surface area contributed by atoms with Crippen LogP contribution in [0.4, 0.5) is 8.78 Å². The highest BCUT2D eigenvalue weighted by atomic mass is 35.5. The Balaban J connectivity index is 2.12. The molecule has 0 fully saturated rings. The number of esters is 1. The van der Waals surface area contributed by atoms with E-state index in [-0.39, 0.29) is 28.5 Å². The summed E-state index contributed by atoms with van der Waals surface area (Å²) in [6.07, 6.45) is 1.37. The maximum absolute atomic E-state index is 12.4. The van der Waals surface area contributed by atoms with Gasteiger partial charge in [0.15, 0.2) is 0 Å². The lowest BCUT2D eigenvalue weighted by Crippen LogP contribution is -2.09. The summed E-state index contributed by atoms with van der Waals surface area (Å²) in [7, 11) is 0. The normalized spacial score (nSPS) is 11.1. The summed E-state index contributed by atoms with van der Waals surface area (Å²) in [5, 5.41) is 9.38. The molecule has 2 aromatic rings. The van der Waals surface area contributed by atoms with E-state index < -0.39 is 12.6 Å². The molecule has 0 N–H and O–H groups in total. The van der Waals surface area contributed by atoms with Crippen LogP contribution in [0, 0.1) is 11.3 Å². The fraction of sp³-hybridized carbons (Fsp3) is 0.111. The molecule has 0 radical (unpaired) electrons. The summed E-state index contributed by atoms with van der Waals surface area (Å²) in [5.41, 5.74) is 0.600.